The predicted molar refractivity (Wildman–Crippen MR) is 96.2 cm³/mol. The number of aromatic hydroxyl groups is 1. The predicted octanol–water partition coefficient (Wildman–Crippen LogP) is 3.80. The van der Waals surface area contributed by atoms with E-state index in [1.807, 2.05) is 12.1 Å². The Morgan fingerprint density at radius 2 is 1.56 bits per heavy atom. The second-order valence-corrected chi connectivity index (χ2v) is 5.71. The van der Waals surface area contributed by atoms with Gasteiger partial charge in [-0.2, -0.15) is 0 Å². The standard InChI is InChI=1S/C20H22O5/c1-22-17-9-8-12(10-16(17)21)13-6-5-7-14-15(13)11-18(23-2)20(25-4)19(14)24-3/h6,8-11,21H,5,7H2,1-4H3. The van der Waals surface area contributed by atoms with Crippen molar-refractivity contribution in [2.45, 2.75) is 12.8 Å². The van der Waals surface area contributed by atoms with Gasteiger partial charge in [0.15, 0.2) is 23.0 Å². The molecule has 0 saturated carbocycles. The van der Waals surface area contributed by atoms with Crippen molar-refractivity contribution in [3.05, 3.63) is 47.0 Å². The minimum Gasteiger partial charge on any atom is -0.504 e. The second-order valence-electron chi connectivity index (χ2n) is 5.71. The van der Waals surface area contributed by atoms with Gasteiger partial charge in [-0.1, -0.05) is 12.1 Å². The molecule has 0 unspecified atom stereocenters. The Morgan fingerprint density at radius 1 is 0.840 bits per heavy atom. The largest absolute Gasteiger partial charge is 0.504 e. The number of phenols is 1. The Balaban J connectivity index is 2.18. The minimum absolute atomic E-state index is 0.112. The lowest BCUT2D eigenvalue weighted by Crippen LogP contribution is -2.07. The van der Waals surface area contributed by atoms with Gasteiger partial charge in [0.25, 0.3) is 0 Å². The number of hydrogen-bond donors (Lipinski definition) is 1. The number of methoxy groups -OCH3 is 4. The lowest BCUT2D eigenvalue weighted by Gasteiger charge is -2.24. The highest BCUT2D eigenvalue weighted by atomic mass is 16.5. The third-order valence-electron chi connectivity index (χ3n) is 4.46. The Kier molecular flexibility index (Phi) is 4.74. The first-order valence-electron chi connectivity index (χ1n) is 8.04. The Bertz CT molecular complexity index is 823. The van der Waals surface area contributed by atoms with Crippen molar-refractivity contribution in [1.82, 2.24) is 0 Å². The summed E-state index contributed by atoms with van der Waals surface area (Å²) in [5.41, 5.74) is 4.03. The zero-order chi connectivity index (χ0) is 18.0. The molecular formula is C20H22O5. The molecule has 132 valence electrons. The van der Waals surface area contributed by atoms with Crippen molar-refractivity contribution >= 4 is 5.57 Å². The summed E-state index contributed by atoms with van der Waals surface area (Å²) in [5, 5.41) is 10.1. The van der Waals surface area contributed by atoms with Gasteiger partial charge < -0.3 is 24.1 Å². The molecule has 0 amide bonds. The first-order chi connectivity index (χ1) is 12.1. The van der Waals surface area contributed by atoms with Crippen molar-refractivity contribution in [2.24, 2.45) is 0 Å². The Morgan fingerprint density at radius 3 is 2.16 bits per heavy atom. The maximum absolute atomic E-state index is 10.1. The molecule has 5 heteroatoms. The number of allylic oxidation sites excluding steroid dienone is 1. The smallest absolute Gasteiger partial charge is 0.203 e. The maximum Gasteiger partial charge on any atom is 0.203 e. The molecule has 5 nitrogen and oxygen atoms in total. The van der Waals surface area contributed by atoms with Crippen LogP contribution in [0.2, 0.25) is 0 Å². The third kappa shape index (κ3) is 2.86. The topological polar surface area (TPSA) is 57.2 Å². The van der Waals surface area contributed by atoms with E-state index in [9.17, 15) is 5.11 Å². The average molecular weight is 342 g/mol. The lowest BCUT2D eigenvalue weighted by atomic mass is 9.85. The summed E-state index contributed by atoms with van der Waals surface area (Å²) in [5.74, 6) is 2.47. The summed E-state index contributed by atoms with van der Waals surface area (Å²) in [6.45, 7) is 0. The fraction of sp³-hybridized carbons (Fsp3) is 0.300. The van der Waals surface area contributed by atoms with E-state index in [4.69, 9.17) is 18.9 Å². The molecule has 1 aliphatic rings. The molecule has 0 bridgehead atoms. The third-order valence-corrected chi connectivity index (χ3v) is 4.46. The fourth-order valence-corrected chi connectivity index (χ4v) is 3.31. The van der Waals surface area contributed by atoms with Crippen LogP contribution in [-0.2, 0) is 6.42 Å². The highest BCUT2D eigenvalue weighted by Crippen LogP contribution is 2.47. The van der Waals surface area contributed by atoms with Crippen molar-refractivity contribution in [2.75, 3.05) is 28.4 Å². The molecule has 0 heterocycles. The van der Waals surface area contributed by atoms with Gasteiger partial charge in [-0.3, -0.25) is 0 Å². The van der Waals surface area contributed by atoms with Gasteiger partial charge in [-0.25, -0.2) is 0 Å². The van der Waals surface area contributed by atoms with Gasteiger partial charge in [-0.15, -0.1) is 0 Å². The molecule has 0 saturated heterocycles. The maximum atomic E-state index is 10.1. The van der Waals surface area contributed by atoms with Gasteiger partial charge in [0.1, 0.15) is 0 Å². The first-order valence-corrected chi connectivity index (χ1v) is 8.04. The van der Waals surface area contributed by atoms with Crippen LogP contribution in [0.4, 0.5) is 0 Å². The van der Waals surface area contributed by atoms with Gasteiger partial charge in [0.2, 0.25) is 5.75 Å². The molecule has 0 spiro atoms. The fourth-order valence-electron chi connectivity index (χ4n) is 3.31. The monoisotopic (exact) mass is 342 g/mol. The number of ether oxygens (including phenoxy) is 4. The zero-order valence-electron chi connectivity index (χ0n) is 14.9. The van der Waals surface area contributed by atoms with Crippen LogP contribution in [0, 0.1) is 0 Å². The molecule has 1 N–H and O–H groups in total. The average Bonchev–Trinajstić information content (AvgIpc) is 2.65. The van der Waals surface area contributed by atoms with E-state index >= 15 is 0 Å². The molecule has 2 aromatic rings. The van der Waals surface area contributed by atoms with E-state index in [1.165, 1.54) is 7.11 Å². The Labute approximate surface area is 147 Å². The van der Waals surface area contributed by atoms with Crippen molar-refractivity contribution in [1.29, 1.82) is 0 Å². The summed E-state index contributed by atoms with van der Waals surface area (Å²) in [6.07, 6.45) is 3.89. The molecule has 2 aromatic carbocycles. The van der Waals surface area contributed by atoms with Crippen LogP contribution in [0.1, 0.15) is 23.1 Å². The minimum atomic E-state index is 0.112. The molecule has 1 aliphatic carbocycles. The van der Waals surface area contributed by atoms with E-state index in [2.05, 4.69) is 6.08 Å². The van der Waals surface area contributed by atoms with Crippen LogP contribution in [-0.4, -0.2) is 33.5 Å². The summed E-state index contributed by atoms with van der Waals surface area (Å²) in [6, 6.07) is 7.37. The van der Waals surface area contributed by atoms with Gasteiger partial charge in [-0.05, 0) is 47.7 Å². The lowest BCUT2D eigenvalue weighted by molar-refractivity contribution is 0.322. The highest BCUT2D eigenvalue weighted by molar-refractivity contribution is 5.86. The number of benzene rings is 2. The van der Waals surface area contributed by atoms with E-state index in [1.54, 1.807) is 33.5 Å². The van der Waals surface area contributed by atoms with Crippen LogP contribution in [0.3, 0.4) is 0 Å². The summed E-state index contributed by atoms with van der Waals surface area (Å²) in [7, 11) is 6.38. The molecular weight excluding hydrogens is 320 g/mol. The van der Waals surface area contributed by atoms with Gasteiger partial charge in [0, 0.05) is 5.56 Å². The van der Waals surface area contributed by atoms with E-state index in [0.29, 0.717) is 23.0 Å². The summed E-state index contributed by atoms with van der Waals surface area (Å²) >= 11 is 0. The summed E-state index contributed by atoms with van der Waals surface area (Å²) in [4.78, 5) is 0. The molecule has 3 rings (SSSR count). The van der Waals surface area contributed by atoms with Crippen LogP contribution in [0.5, 0.6) is 28.7 Å². The van der Waals surface area contributed by atoms with E-state index < -0.39 is 0 Å². The van der Waals surface area contributed by atoms with Gasteiger partial charge >= 0.3 is 0 Å². The molecule has 0 fully saturated rings. The quantitative estimate of drug-likeness (QED) is 0.895. The van der Waals surface area contributed by atoms with Gasteiger partial charge in [0.05, 0.1) is 28.4 Å². The van der Waals surface area contributed by atoms with E-state index in [-0.39, 0.29) is 5.75 Å². The van der Waals surface area contributed by atoms with Crippen LogP contribution in [0.25, 0.3) is 5.57 Å². The molecule has 0 aliphatic heterocycles. The molecule has 0 aromatic heterocycles. The number of rotatable bonds is 5. The number of fused-ring (bicyclic) bond motifs is 1. The van der Waals surface area contributed by atoms with Crippen molar-refractivity contribution < 1.29 is 24.1 Å². The second kappa shape index (κ2) is 6.97. The molecule has 25 heavy (non-hydrogen) atoms. The Hall–Kier alpha value is -2.82. The zero-order valence-corrected chi connectivity index (χ0v) is 14.9. The van der Waals surface area contributed by atoms with Crippen LogP contribution < -0.4 is 18.9 Å². The van der Waals surface area contributed by atoms with Crippen LogP contribution >= 0.6 is 0 Å². The highest BCUT2D eigenvalue weighted by Gasteiger charge is 2.25. The van der Waals surface area contributed by atoms with Crippen molar-refractivity contribution in [3.63, 3.8) is 0 Å². The molecule has 0 radical (unpaired) electrons. The first kappa shape index (κ1) is 17.0. The molecule has 0 atom stereocenters. The number of phenolic OH excluding ortho intramolecular Hbond substituents is 1. The SMILES string of the molecule is COc1ccc(C2=CCCc3c2cc(OC)c(OC)c3OC)cc1O. The van der Waals surface area contributed by atoms with E-state index in [0.717, 1.165) is 35.1 Å². The van der Waals surface area contributed by atoms with Crippen LogP contribution in [0.15, 0.2) is 30.3 Å². The summed E-state index contributed by atoms with van der Waals surface area (Å²) < 4.78 is 21.7. The van der Waals surface area contributed by atoms with Crippen molar-refractivity contribution in [3.8, 4) is 28.7 Å². The normalized spacial score (nSPS) is 12.9. The number of hydrogen-bond acceptors (Lipinski definition) is 5.